The van der Waals surface area contributed by atoms with Gasteiger partial charge in [0.05, 0.1) is 0 Å². The first-order valence-corrected chi connectivity index (χ1v) is 8.17. The van der Waals surface area contributed by atoms with Gasteiger partial charge in [-0.2, -0.15) is 0 Å². The van der Waals surface area contributed by atoms with Crippen molar-refractivity contribution in [2.75, 3.05) is 33.7 Å². The van der Waals surface area contributed by atoms with Gasteiger partial charge in [0.15, 0.2) is 0 Å². The Morgan fingerprint density at radius 3 is 2.84 bits per heavy atom. The Bertz CT molecular complexity index is 375. The van der Waals surface area contributed by atoms with Crippen LogP contribution in [0.25, 0.3) is 0 Å². The Balaban J connectivity index is 1.77. The van der Waals surface area contributed by atoms with E-state index < -0.39 is 0 Å². The summed E-state index contributed by atoms with van der Waals surface area (Å²) in [6.45, 7) is 7.94. The van der Waals surface area contributed by atoms with Crippen molar-refractivity contribution < 1.29 is 0 Å². The van der Waals surface area contributed by atoms with Crippen LogP contribution in [0.1, 0.15) is 29.5 Å². The van der Waals surface area contributed by atoms with Gasteiger partial charge >= 0.3 is 0 Å². The van der Waals surface area contributed by atoms with E-state index in [9.17, 15) is 0 Å². The van der Waals surface area contributed by atoms with Gasteiger partial charge in [-0.05, 0) is 45.6 Å². The summed E-state index contributed by atoms with van der Waals surface area (Å²) in [6, 6.07) is 5.32. The topological polar surface area (TPSA) is 18.5 Å². The highest BCUT2D eigenvalue weighted by Crippen LogP contribution is 2.21. The zero-order valence-corrected chi connectivity index (χ0v) is 13.3. The van der Waals surface area contributed by atoms with Crippen molar-refractivity contribution in [3.05, 3.63) is 21.9 Å². The molecule has 0 aromatic carbocycles. The molecule has 1 fully saturated rings. The summed E-state index contributed by atoms with van der Waals surface area (Å²) in [5.41, 5.74) is 0. The highest BCUT2D eigenvalue weighted by atomic mass is 32.1. The molecule has 108 valence electrons. The van der Waals surface area contributed by atoms with Crippen molar-refractivity contribution >= 4 is 11.3 Å². The fraction of sp³-hybridized carbons (Fsp3) is 0.733. The van der Waals surface area contributed by atoms with Crippen molar-refractivity contribution in [1.29, 1.82) is 0 Å². The molecule has 1 aromatic heterocycles. The van der Waals surface area contributed by atoms with Crippen LogP contribution in [0.4, 0.5) is 0 Å². The lowest BCUT2D eigenvalue weighted by Gasteiger charge is -2.19. The maximum Gasteiger partial charge on any atom is 0.0328 e. The molecule has 1 aromatic rings. The molecule has 0 amide bonds. The molecule has 19 heavy (non-hydrogen) atoms. The Labute approximate surface area is 121 Å². The van der Waals surface area contributed by atoms with Gasteiger partial charge in [0, 0.05) is 42.0 Å². The van der Waals surface area contributed by atoms with Crippen LogP contribution in [-0.2, 0) is 13.1 Å². The number of thiophene rings is 1. The number of likely N-dealkylation sites (tertiary alicyclic amines) is 1. The lowest BCUT2D eigenvalue weighted by atomic mass is 10.2. The Morgan fingerprint density at radius 2 is 2.16 bits per heavy atom. The van der Waals surface area contributed by atoms with Crippen LogP contribution < -0.4 is 5.32 Å². The minimum Gasteiger partial charge on any atom is -0.312 e. The average molecular weight is 281 g/mol. The maximum atomic E-state index is 3.47. The molecule has 0 radical (unpaired) electrons. The van der Waals surface area contributed by atoms with Crippen LogP contribution in [-0.4, -0.2) is 49.6 Å². The van der Waals surface area contributed by atoms with Gasteiger partial charge < -0.3 is 10.2 Å². The van der Waals surface area contributed by atoms with Gasteiger partial charge in [-0.15, -0.1) is 11.3 Å². The fourth-order valence-corrected chi connectivity index (χ4v) is 3.62. The molecular weight excluding hydrogens is 254 g/mol. The second-order valence-electron chi connectivity index (χ2n) is 5.69. The van der Waals surface area contributed by atoms with Crippen LogP contribution in [0.15, 0.2) is 12.1 Å². The molecule has 1 N–H and O–H groups in total. The van der Waals surface area contributed by atoms with Crippen LogP contribution in [0.2, 0.25) is 0 Å². The van der Waals surface area contributed by atoms with E-state index in [-0.39, 0.29) is 0 Å². The second-order valence-corrected chi connectivity index (χ2v) is 6.94. The molecular formula is C15H27N3S. The molecule has 1 aliphatic heterocycles. The van der Waals surface area contributed by atoms with Crippen LogP contribution in [0.5, 0.6) is 0 Å². The molecule has 1 aliphatic rings. The molecule has 4 heteroatoms. The summed E-state index contributed by atoms with van der Waals surface area (Å²) in [5, 5.41) is 3.47. The first-order chi connectivity index (χ1) is 9.19. The third kappa shape index (κ3) is 4.56. The van der Waals surface area contributed by atoms with Crippen molar-refractivity contribution in [3.63, 3.8) is 0 Å². The second kappa shape index (κ2) is 7.39. The van der Waals surface area contributed by atoms with Crippen molar-refractivity contribution in [1.82, 2.24) is 15.1 Å². The number of hydrogen-bond donors (Lipinski definition) is 1. The molecule has 1 atom stereocenters. The maximum absolute atomic E-state index is 3.47. The van der Waals surface area contributed by atoms with Gasteiger partial charge in [0.1, 0.15) is 0 Å². The van der Waals surface area contributed by atoms with Gasteiger partial charge in [0.2, 0.25) is 0 Å². The summed E-state index contributed by atoms with van der Waals surface area (Å²) in [6.07, 6.45) is 2.52. The standard InChI is InChI=1S/C15H27N3S/c1-4-8-16-10-14-5-6-15(19-14)12-18-9-7-13(11-18)17(2)3/h5-6,13,16H,4,7-12H2,1-3H3. The van der Waals surface area contributed by atoms with Crippen molar-refractivity contribution in [2.24, 2.45) is 0 Å². The van der Waals surface area contributed by atoms with Gasteiger partial charge in [0.25, 0.3) is 0 Å². The highest BCUT2D eigenvalue weighted by molar-refractivity contribution is 7.11. The van der Waals surface area contributed by atoms with E-state index in [2.05, 4.69) is 48.3 Å². The fourth-order valence-electron chi connectivity index (χ4n) is 2.59. The number of rotatable bonds is 7. The van der Waals surface area contributed by atoms with E-state index in [1.807, 2.05) is 11.3 Å². The molecule has 0 aliphatic carbocycles. The zero-order chi connectivity index (χ0) is 13.7. The normalized spacial score (nSPS) is 20.5. The zero-order valence-electron chi connectivity index (χ0n) is 12.5. The SMILES string of the molecule is CCCNCc1ccc(CN2CCC(N(C)C)C2)s1. The molecule has 3 nitrogen and oxygen atoms in total. The van der Waals surface area contributed by atoms with Crippen molar-refractivity contribution in [3.8, 4) is 0 Å². The highest BCUT2D eigenvalue weighted by Gasteiger charge is 2.23. The summed E-state index contributed by atoms with van der Waals surface area (Å²) in [7, 11) is 4.38. The monoisotopic (exact) mass is 281 g/mol. The molecule has 1 saturated heterocycles. The van der Waals surface area contributed by atoms with E-state index in [0.29, 0.717) is 0 Å². The number of hydrogen-bond acceptors (Lipinski definition) is 4. The van der Waals surface area contributed by atoms with Gasteiger partial charge in [-0.3, -0.25) is 4.90 Å². The smallest absolute Gasteiger partial charge is 0.0328 e. The minimum absolute atomic E-state index is 0.741. The van der Waals surface area contributed by atoms with Gasteiger partial charge in [-0.1, -0.05) is 6.92 Å². The van der Waals surface area contributed by atoms with E-state index in [1.54, 1.807) is 0 Å². The summed E-state index contributed by atoms with van der Waals surface area (Å²) >= 11 is 1.96. The Kier molecular flexibility index (Phi) is 5.82. The summed E-state index contributed by atoms with van der Waals surface area (Å²) < 4.78 is 0. The van der Waals surface area contributed by atoms with Gasteiger partial charge in [-0.25, -0.2) is 0 Å². The van der Waals surface area contributed by atoms with E-state index in [0.717, 1.165) is 25.7 Å². The molecule has 1 unspecified atom stereocenters. The third-order valence-electron chi connectivity index (χ3n) is 3.80. The molecule has 0 saturated carbocycles. The summed E-state index contributed by atoms with van der Waals surface area (Å²) in [4.78, 5) is 7.91. The number of nitrogens with one attached hydrogen (secondary N) is 1. The molecule has 2 rings (SSSR count). The van der Waals surface area contributed by atoms with Crippen LogP contribution >= 0.6 is 11.3 Å². The first-order valence-electron chi connectivity index (χ1n) is 7.36. The Hall–Kier alpha value is -0.420. The minimum atomic E-state index is 0.741. The number of likely N-dealkylation sites (N-methyl/N-ethyl adjacent to an activating group) is 1. The lowest BCUT2D eigenvalue weighted by Crippen LogP contribution is -2.31. The average Bonchev–Trinajstić information content (AvgIpc) is 3.00. The van der Waals surface area contributed by atoms with Crippen LogP contribution in [0.3, 0.4) is 0 Å². The Morgan fingerprint density at radius 1 is 1.37 bits per heavy atom. The predicted molar refractivity (Wildman–Crippen MR) is 83.7 cm³/mol. The van der Waals surface area contributed by atoms with Crippen molar-refractivity contribution in [2.45, 2.75) is 38.9 Å². The predicted octanol–water partition coefficient (Wildman–Crippen LogP) is 2.38. The summed E-state index contributed by atoms with van der Waals surface area (Å²) in [5.74, 6) is 0. The van der Waals surface area contributed by atoms with E-state index in [4.69, 9.17) is 0 Å². The number of nitrogens with zero attached hydrogens (tertiary/aromatic N) is 2. The van der Waals surface area contributed by atoms with E-state index in [1.165, 1.54) is 35.7 Å². The quantitative estimate of drug-likeness (QED) is 0.774. The molecule has 0 spiro atoms. The molecule has 0 bridgehead atoms. The van der Waals surface area contributed by atoms with Crippen LogP contribution in [0, 0.1) is 0 Å². The largest absolute Gasteiger partial charge is 0.312 e. The third-order valence-corrected chi connectivity index (χ3v) is 4.87. The lowest BCUT2D eigenvalue weighted by molar-refractivity contribution is 0.266. The first kappa shape index (κ1) is 15.0. The molecule has 2 heterocycles. The van der Waals surface area contributed by atoms with E-state index >= 15 is 0 Å².